The Morgan fingerprint density at radius 2 is 1.73 bits per heavy atom. The lowest BCUT2D eigenvalue weighted by molar-refractivity contribution is -0.136. The number of hydrogen-bond acceptors (Lipinski definition) is 1. The molecule has 1 rings (SSSR count). The Labute approximate surface area is 88.7 Å². The van der Waals surface area contributed by atoms with E-state index in [0.29, 0.717) is 6.42 Å². The molecule has 0 aliphatic heterocycles. The largest absolute Gasteiger partial charge is 0.481 e. The molecule has 0 unspecified atom stereocenters. The highest BCUT2D eigenvalue weighted by atomic mass is 19.1. The van der Waals surface area contributed by atoms with Crippen molar-refractivity contribution in [2.24, 2.45) is 0 Å². The summed E-state index contributed by atoms with van der Waals surface area (Å²) in [7, 11) is 0. The molecule has 0 radical (unpaired) electrons. The maximum absolute atomic E-state index is 13.3. The van der Waals surface area contributed by atoms with Gasteiger partial charge >= 0.3 is 5.97 Å². The highest BCUT2D eigenvalue weighted by Crippen LogP contribution is 2.17. The molecule has 0 spiro atoms. The van der Waals surface area contributed by atoms with Crippen molar-refractivity contribution in [2.75, 3.05) is 0 Å². The van der Waals surface area contributed by atoms with Gasteiger partial charge in [-0.25, -0.2) is 4.39 Å². The lowest BCUT2D eigenvalue weighted by Crippen LogP contribution is -2.15. The van der Waals surface area contributed by atoms with Gasteiger partial charge in [0, 0.05) is 6.42 Å². The number of benzene rings is 1. The van der Waals surface area contributed by atoms with Crippen molar-refractivity contribution >= 4 is 5.97 Å². The molecule has 1 aromatic carbocycles. The van der Waals surface area contributed by atoms with Gasteiger partial charge in [-0.1, -0.05) is 24.3 Å². The van der Waals surface area contributed by atoms with E-state index >= 15 is 0 Å². The van der Waals surface area contributed by atoms with Crippen LogP contribution in [-0.2, 0) is 17.6 Å². The summed E-state index contributed by atoms with van der Waals surface area (Å²) in [6, 6.07) is 7.02. The van der Waals surface area contributed by atoms with Gasteiger partial charge in [0.05, 0.1) is 6.42 Å². The van der Waals surface area contributed by atoms with Crippen molar-refractivity contribution in [2.45, 2.75) is 32.4 Å². The molecular weight excluding hydrogens is 195 g/mol. The molecule has 0 amide bonds. The predicted molar refractivity (Wildman–Crippen MR) is 56.7 cm³/mol. The predicted octanol–water partition coefficient (Wildman–Crippen LogP) is 2.60. The van der Waals surface area contributed by atoms with E-state index < -0.39 is 11.6 Å². The molecule has 2 nitrogen and oxygen atoms in total. The fourth-order valence-electron chi connectivity index (χ4n) is 1.43. The topological polar surface area (TPSA) is 37.3 Å². The lowest BCUT2D eigenvalue weighted by Gasteiger charge is -2.13. The van der Waals surface area contributed by atoms with E-state index in [2.05, 4.69) is 0 Å². The molecule has 0 atom stereocenters. The molecule has 3 heteroatoms. The number of carboxylic acids is 1. The monoisotopic (exact) mass is 210 g/mol. The fraction of sp³-hybridized carbons (Fsp3) is 0.417. The van der Waals surface area contributed by atoms with Crippen LogP contribution in [0.5, 0.6) is 0 Å². The minimum Gasteiger partial charge on any atom is -0.481 e. The molecule has 0 fully saturated rings. The van der Waals surface area contributed by atoms with Gasteiger partial charge in [0.25, 0.3) is 0 Å². The zero-order valence-electron chi connectivity index (χ0n) is 8.96. The summed E-state index contributed by atoms with van der Waals surface area (Å²) in [6.07, 6.45) is 0.361. The Morgan fingerprint density at radius 3 is 2.13 bits per heavy atom. The fourth-order valence-corrected chi connectivity index (χ4v) is 1.43. The Morgan fingerprint density at radius 1 is 1.27 bits per heavy atom. The zero-order chi connectivity index (χ0) is 11.5. The number of rotatable bonds is 4. The molecule has 0 saturated carbocycles. The molecule has 0 saturated heterocycles. The molecule has 82 valence electrons. The van der Waals surface area contributed by atoms with E-state index in [-0.39, 0.29) is 6.42 Å². The average molecular weight is 210 g/mol. The van der Waals surface area contributed by atoms with Gasteiger partial charge in [0.15, 0.2) is 0 Å². The van der Waals surface area contributed by atoms with Crippen LogP contribution in [0.4, 0.5) is 4.39 Å². The third kappa shape index (κ3) is 4.58. The van der Waals surface area contributed by atoms with Crippen LogP contribution in [0, 0.1) is 0 Å². The summed E-state index contributed by atoms with van der Waals surface area (Å²) in [5.41, 5.74) is 0.397. The minimum atomic E-state index is -1.23. The number of carboxylic acid groups (broad SMARTS) is 1. The van der Waals surface area contributed by atoms with Crippen LogP contribution in [0.2, 0.25) is 0 Å². The Balaban J connectivity index is 2.68. The smallest absolute Gasteiger partial charge is 0.307 e. The summed E-state index contributed by atoms with van der Waals surface area (Å²) >= 11 is 0. The van der Waals surface area contributed by atoms with E-state index in [0.717, 1.165) is 11.1 Å². The molecule has 1 N–H and O–H groups in total. The summed E-state index contributed by atoms with van der Waals surface area (Å²) in [5, 5.41) is 8.56. The van der Waals surface area contributed by atoms with Crippen LogP contribution in [0.25, 0.3) is 0 Å². The van der Waals surface area contributed by atoms with Crippen molar-refractivity contribution < 1.29 is 14.3 Å². The van der Waals surface area contributed by atoms with Gasteiger partial charge in [-0.2, -0.15) is 0 Å². The molecule has 15 heavy (non-hydrogen) atoms. The molecule has 0 aliphatic carbocycles. The van der Waals surface area contributed by atoms with Gasteiger partial charge in [-0.15, -0.1) is 0 Å². The molecule has 1 aromatic rings. The van der Waals surface area contributed by atoms with Gasteiger partial charge in [-0.05, 0) is 25.0 Å². The SMILES string of the molecule is CC(C)(F)Cc1ccc(CC(=O)O)cc1. The molecule has 0 heterocycles. The van der Waals surface area contributed by atoms with Crippen LogP contribution < -0.4 is 0 Å². The quantitative estimate of drug-likeness (QED) is 0.829. The second kappa shape index (κ2) is 4.43. The molecule has 0 aromatic heterocycles. The van der Waals surface area contributed by atoms with E-state index in [4.69, 9.17) is 5.11 Å². The van der Waals surface area contributed by atoms with Crippen molar-refractivity contribution in [1.82, 2.24) is 0 Å². The highest BCUT2D eigenvalue weighted by Gasteiger charge is 2.15. The molecule has 0 bridgehead atoms. The Kier molecular flexibility index (Phi) is 3.45. The first kappa shape index (κ1) is 11.7. The molecular formula is C12H15FO2. The van der Waals surface area contributed by atoms with E-state index in [1.165, 1.54) is 13.8 Å². The highest BCUT2D eigenvalue weighted by molar-refractivity contribution is 5.70. The van der Waals surface area contributed by atoms with E-state index in [1.54, 1.807) is 24.3 Å². The average Bonchev–Trinajstić information content (AvgIpc) is 2.05. The van der Waals surface area contributed by atoms with Crippen LogP contribution >= 0.6 is 0 Å². The number of carbonyl (C=O) groups is 1. The standard InChI is InChI=1S/C12H15FO2/c1-12(2,13)8-10-5-3-9(4-6-10)7-11(14)15/h3-6H,7-8H2,1-2H3,(H,14,15). The Bertz CT molecular complexity index is 336. The second-order valence-corrected chi connectivity index (χ2v) is 4.28. The zero-order valence-corrected chi connectivity index (χ0v) is 8.96. The first-order valence-corrected chi connectivity index (χ1v) is 4.85. The summed E-state index contributed by atoms with van der Waals surface area (Å²) < 4.78 is 13.3. The van der Waals surface area contributed by atoms with Crippen LogP contribution in [-0.4, -0.2) is 16.7 Å². The van der Waals surface area contributed by atoms with E-state index in [9.17, 15) is 9.18 Å². The van der Waals surface area contributed by atoms with Gasteiger partial charge < -0.3 is 5.11 Å². The van der Waals surface area contributed by atoms with E-state index in [1.807, 2.05) is 0 Å². The maximum Gasteiger partial charge on any atom is 0.307 e. The summed E-state index contributed by atoms with van der Waals surface area (Å²) in [6.45, 7) is 3.05. The van der Waals surface area contributed by atoms with Gasteiger partial charge in [-0.3, -0.25) is 4.79 Å². The third-order valence-corrected chi connectivity index (χ3v) is 2.00. The van der Waals surface area contributed by atoms with Crippen LogP contribution in [0.15, 0.2) is 24.3 Å². The van der Waals surface area contributed by atoms with Crippen molar-refractivity contribution in [3.05, 3.63) is 35.4 Å². The second-order valence-electron chi connectivity index (χ2n) is 4.28. The van der Waals surface area contributed by atoms with Crippen molar-refractivity contribution in [3.63, 3.8) is 0 Å². The Hall–Kier alpha value is -1.38. The normalized spacial score (nSPS) is 11.4. The lowest BCUT2D eigenvalue weighted by atomic mass is 9.99. The number of halogens is 1. The van der Waals surface area contributed by atoms with Crippen molar-refractivity contribution in [1.29, 1.82) is 0 Å². The first-order valence-electron chi connectivity index (χ1n) is 4.85. The van der Waals surface area contributed by atoms with Crippen LogP contribution in [0.3, 0.4) is 0 Å². The minimum absolute atomic E-state index is 0.0132. The first-order chi connectivity index (χ1) is 6.87. The van der Waals surface area contributed by atoms with Gasteiger partial charge in [0.2, 0.25) is 0 Å². The molecule has 0 aliphatic rings. The number of aliphatic carboxylic acids is 1. The van der Waals surface area contributed by atoms with Crippen molar-refractivity contribution in [3.8, 4) is 0 Å². The summed E-state index contributed by atoms with van der Waals surface area (Å²) in [4.78, 5) is 10.4. The van der Waals surface area contributed by atoms with Gasteiger partial charge in [0.1, 0.15) is 5.67 Å². The third-order valence-electron chi connectivity index (χ3n) is 2.00. The van der Waals surface area contributed by atoms with Crippen LogP contribution in [0.1, 0.15) is 25.0 Å². The number of hydrogen-bond donors (Lipinski definition) is 1. The summed E-state index contributed by atoms with van der Waals surface area (Å²) in [5.74, 6) is -0.853. The number of alkyl halides is 1. The maximum atomic E-state index is 13.3.